The van der Waals surface area contributed by atoms with E-state index < -0.39 is 0 Å². The molecule has 1 rings (SSSR count). The Morgan fingerprint density at radius 2 is 2.18 bits per heavy atom. The van der Waals surface area contributed by atoms with Gasteiger partial charge in [-0.05, 0) is 31.9 Å². The Bertz CT molecular complexity index is 393. The first-order valence-electron chi connectivity index (χ1n) is 5.85. The molecule has 0 spiro atoms. The van der Waals surface area contributed by atoms with E-state index in [0.29, 0.717) is 11.6 Å². The lowest BCUT2D eigenvalue weighted by Crippen LogP contribution is -2.37. The number of anilines is 1. The van der Waals surface area contributed by atoms with Crippen molar-refractivity contribution in [3.8, 4) is 0 Å². The van der Waals surface area contributed by atoms with Crippen LogP contribution in [0.3, 0.4) is 0 Å². The molecule has 0 bridgehead atoms. The molecule has 0 heterocycles. The molecule has 2 N–H and O–H groups in total. The fourth-order valence-electron chi connectivity index (χ4n) is 1.46. The molecule has 17 heavy (non-hydrogen) atoms. The summed E-state index contributed by atoms with van der Waals surface area (Å²) < 4.78 is 0. The lowest BCUT2D eigenvalue weighted by atomic mass is 10.2. The van der Waals surface area contributed by atoms with E-state index in [4.69, 9.17) is 11.6 Å². The van der Waals surface area contributed by atoms with E-state index in [2.05, 4.69) is 10.6 Å². The summed E-state index contributed by atoms with van der Waals surface area (Å²) in [5.74, 6) is -0.00979. The Kier molecular flexibility index (Phi) is 5.29. The number of benzene rings is 1. The van der Waals surface area contributed by atoms with Gasteiger partial charge in [0.25, 0.3) is 0 Å². The summed E-state index contributed by atoms with van der Waals surface area (Å²) in [4.78, 5) is 11.7. The summed E-state index contributed by atoms with van der Waals surface area (Å²) in [7, 11) is 0. The van der Waals surface area contributed by atoms with Crippen LogP contribution in [0.15, 0.2) is 18.2 Å². The van der Waals surface area contributed by atoms with Crippen molar-refractivity contribution in [3.63, 3.8) is 0 Å². The fraction of sp³-hybridized carbons (Fsp3) is 0.462. The summed E-state index contributed by atoms with van der Waals surface area (Å²) in [6.45, 7) is 6.49. The molecular weight excluding hydrogens is 236 g/mol. The third-order valence-electron chi connectivity index (χ3n) is 2.51. The van der Waals surface area contributed by atoms with Gasteiger partial charge in [0.2, 0.25) is 5.91 Å². The Morgan fingerprint density at radius 3 is 2.82 bits per heavy atom. The third-order valence-corrected chi connectivity index (χ3v) is 3.01. The Labute approximate surface area is 108 Å². The van der Waals surface area contributed by atoms with E-state index in [1.54, 1.807) is 0 Å². The minimum Gasteiger partial charge on any atom is -0.373 e. The summed E-state index contributed by atoms with van der Waals surface area (Å²) in [5.41, 5.74) is 1.80. The second-order valence-electron chi connectivity index (χ2n) is 4.09. The Balaban J connectivity index is 2.64. The van der Waals surface area contributed by atoms with Crippen molar-refractivity contribution in [1.82, 2.24) is 5.32 Å². The average molecular weight is 255 g/mol. The molecule has 0 saturated heterocycles. The summed E-state index contributed by atoms with van der Waals surface area (Å²) in [6.07, 6.45) is 0.934. The van der Waals surface area contributed by atoms with E-state index in [0.717, 1.165) is 17.7 Å². The van der Waals surface area contributed by atoms with Gasteiger partial charge in [-0.1, -0.05) is 30.7 Å². The molecule has 3 nitrogen and oxygen atoms in total. The highest BCUT2D eigenvalue weighted by Gasteiger charge is 2.13. The van der Waals surface area contributed by atoms with Gasteiger partial charge in [-0.3, -0.25) is 4.79 Å². The monoisotopic (exact) mass is 254 g/mol. The number of rotatable bonds is 5. The van der Waals surface area contributed by atoms with Gasteiger partial charge in [-0.25, -0.2) is 0 Å². The number of carbonyl (C=O) groups excluding carboxylic acids is 1. The van der Waals surface area contributed by atoms with Crippen molar-refractivity contribution >= 4 is 23.2 Å². The second-order valence-corrected chi connectivity index (χ2v) is 4.47. The standard InChI is InChI=1S/C13H19ClN2O/c1-4-8-15-13(17)10(3)16-11-7-5-6-9(2)12(11)14/h5-7,10,16H,4,8H2,1-3H3,(H,15,17). The third kappa shape index (κ3) is 3.93. The van der Waals surface area contributed by atoms with Gasteiger partial charge >= 0.3 is 0 Å². The first-order valence-corrected chi connectivity index (χ1v) is 6.23. The molecule has 0 radical (unpaired) electrons. The molecule has 0 aliphatic heterocycles. The first-order chi connectivity index (χ1) is 8.06. The van der Waals surface area contributed by atoms with Crippen LogP contribution in [0.25, 0.3) is 0 Å². The maximum absolute atomic E-state index is 11.7. The lowest BCUT2D eigenvalue weighted by molar-refractivity contribution is -0.121. The number of amides is 1. The van der Waals surface area contributed by atoms with Crippen molar-refractivity contribution in [2.24, 2.45) is 0 Å². The highest BCUT2D eigenvalue weighted by atomic mass is 35.5. The number of hydrogen-bond acceptors (Lipinski definition) is 2. The SMILES string of the molecule is CCCNC(=O)C(C)Nc1cccc(C)c1Cl. The molecule has 1 aromatic carbocycles. The highest BCUT2D eigenvalue weighted by molar-refractivity contribution is 6.34. The zero-order chi connectivity index (χ0) is 12.8. The number of halogens is 1. The minimum absolute atomic E-state index is 0.00979. The number of hydrogen-bond donors (Lipinski definition) is 2. The lowest BCUT2D eigenvalue weighted by Gasteiger charge is -2.16. The normalized spacial score (nSPS) is 12.0. The van der Waals surface area contributed by atoms with Gasteiger partial charge in [-0.15, -0.1) is 0 Å². The van der Waals surface area contributed by atoms with Crippen molar-refractivity contribution in [2.75, 3.05) is 11.9 Å². The molecule has 94 valence electrons. The zero-order valence-corrected chi connectivity index (χ0v) is 11.3. The van der Waals surface area contributed by atoms with E-state index in [1.807, 2.05) is 39.0 Å². The fourth-order valence-corrected chi connectivity index (χ4v) is 1.64. The Morgan fingerprint density at radius 1 is 1.47 bits per heavy atom. The second kappa shape index (κ2) is 6.50. The molecular formula is C13H19ClN2O. The van der Waals surface area contributed by atoms with Crippen LogP contribution < -0.4 is 10.6 Å². The maximum Gasteiger partial charge on any atom is 0.242 e. The molecule has 0 aliphatic carbocycles. The quantitative estimate of drug-likeness (QED) is 0.848. The van der Waals surface area contributed by atoms with Gasteiger partial charge in [0.05, 0.1) is 10.7 Å². The zero-order valence-electron chi connectivity index (χ0n) is 10.5. The largest absolute Gasteiger partial charge is 0.373 e. The van der Waals surface area contributed by atoms with E-state index >= 15 is 0 Å². The van der Waals surface area contributed by atoms with E-state index in [9.17, 15) is 4.79 Å². The van der Waals surface area contributed by atoms with Gasteiger partial charge in [0, 0.05) is 6.54 Å². The molecule has 0 aliphatic rings. The predicted molar refractivity (Wildman–Crippen MR) is 72.6 cm³/mol. The van der Waals surface area contributed by atoms with Gasteiger partial charge in [0.1, 0.15) is 6.04 Å². The van der Waals surface area contributed by atoms with Crippen LogP contribution in [0.2, 0.25) is 5.02 Å². The van der Waals surface area contributed by atoms with Crippen molar-refractivity contribution in [3.05, 3.63) is 28.8 Å². The molecule has 1 aromatic rings. The maximum atomic E-state index is 11.7. The minimum atomic E-state index is -0.291. The smallest absolute Gasteiger partial charge is 0.242 e. The molecule has 0 saturated carbocycles. The first kappa shape index (κ1) is 13.8. The topological polar surface area (TPSA) is 41.1 Å². The summed E-state index contributed by atoms with van der Waals surface area (Å²) in [5, 5.41) is 6.63. The van der Waals surface area contributed by atoms with Gasteiger partial charge in [0.15, 0.2) is 0 Å². The van der Waals surface area contributed by atoms with Crippen LogP contribution in [-0.4, -0.2) is 18.5 Å². The van der Waals surface area contributed by atoms with Crippen molar-refractivity contribution < 1.29 is 4.79 Å². The van der Waals surface area contributed by atoms with Gasteiger partial charge < -0.3 is 10.6 Å². The number of nitrogens with one attached hydrogen (secondary N) is 2. The van der Waals surface area contributed by atoms with E-state index in [-0.39, 0.29) is 11.9 Å². The van der Waals surface area contributed by atoms with Crippen LogP contribution in [0, 0.1) is 6.92 Å². The van der Waals surface area contributed by atoms with Crippen LogP contribution in [0.1, 0.15) is 25.8 Å². The van der Waals surface area contributed by atoms with Crippen LogP contribution in [0.4, 0.5) is 5.69 Å². The van der Waals surface area contributed by atoms with Crippen molar-refractivity contribution in [1.29, 1.82) is 0 Å². The van der Waals surface area contributed by atoms with Crippen LogP contribution in [-0.2, 0) is 4.79 Å². The van der Waals surface area contributed by atoms with Crippen LogP contribution in [0.5, 0.6) is 0 Å². The van der Waals surface area contributed by atoms with Gasteiger partial charge in [-0.2, -0.15) is 0 Å². The number of aryl methyl sites for hydroxylation is 1. The summed E-state index contributed by atoms with van der Waals surface area (Å²) in [6, 6.07) is 5.44. The molecule has 0 aromatic heterocycles. The summed E-state index contributed by atoms with van der Waals surface area (Å²) >= 11 is 6.15. The van der Waals surface area contributed by atoms with E-state index in [1.165, 1.54) is 0 Å². The molecule has 4 heteroatoms. The highest BCUT2D eigenvalue weighted by Crippen LogP contribution is 2.25. The predicted octanol–water partition coefficient (Wildman–Crippen LogP) is 2.98. The molecule has 0 fully saturated rings. The molecule has 1 amide bonds. The molecule has 1 unspecified atom stereocenters. The average Bonchev–Trinajstić information content (AvgIpc) is 2.31. The Hall–Kier alpha value is -1.22. The molecule has 1 atom stereocenters. The van der Waals surface area contributed by atoms with Crippen molar-refractivity contribution in [2.45, 2.75) is 33.2 Å². The van der Waals surface area contributed by atoms with Crippen LogP contribution >= 0.6 is 11.6 Å². The number of carbonyl (C=O) groups is 1.